The van der Waals surface area contributed by atoms with E-state index in [9.17, 15) is 9.00 Å². The molecule has 1 aromatic heterocycles. The lowest BCUT2D eigenvalue weighted by molar-refractivity contribution is -0.121. The van der Waals surface area contributed by atoms with Gasteiger partial charge in [-0.1, -0.05) is 6.92 Å². The van der Waals surface area contributed by atoms with Gasteiger partial charge in [0, 0.05) is 17.8 Å². The van der Waals surface area contributed by atoms with Crippen molar-refractivity contribution in [2.75, 3.05) is 5.73 Å². The van der Waals surface area contributed by atoms with Crippen molar-refractivity contribution in [2.45, 2.75) is 43.7 Å². The van der Waals surface area contributed by atoms with E-state index < -0.39 is 16.0 Å². The van der Waals surface area contributed by atoms with Crippen LogP contribution in [0, 0.1) is 0 Å². The Balaban J connectivity index is 2.19. The van der Waals surface area contributed by atoms with Crippen LogP contribution in [0.5, 0.6) is 0 Å². The van der Waals surface area contributed by atoms with E-state index in [4.69, 9.17) is 10.2 Å². The predicted octanol–water partition coefficient (Wildman–Crippen LogP) is 1.82. The highest BCUT2D eigenvalue weighted by Gasteiger charge is 2.26. The monoisotopic (exact) mass is 309 g/mol. The summed E-state index contributed by atoms with van der Waals surface area (Å²) in [6, 6.07) is 5.04. The number of carbonyl (C=O) groups excluding carboxylic acids is 1. The van der Waals surface area contributed by atoms with Gasteiger partial charge in [-0.25, -0.2) is 9.19 Å². The minimum atomic E-state index is -1.65. The Bertz CT molecular complexity index is 683. The fourth-order valence-corrected chi connectivity index (χ4v) is 2.64. The first-order chi connectivity index (χ1) is 9.92. The molecule has 7 heteroatoms. The number of rotatable bonds is 5. The molecule has 0 radical (unpaired) electrons. The Labute approximate surface area is 125 Å². The zero-order valence-electron chi connectivity index (χ0n) is 12.3. The number of nitrogen functional groups attached to an aromatic ring is 1. The second-order valence-electron chi connectivity index (χ2n) is 4.96. The van der Waals surface area contributed by atoms with E-state index in [0.29, 0.717) is 16.8 Å². The van der Waals surface area contributed by atoms with Crippen LogP contribution < -0.4 is 11.1 Å². The Kier molecular flexibility index (Phi) is 4.62. The van der Waals surface area contributed by atoms with Gasteiger partial charge in [0.2, 0.25) is 5.91 Å². The van der Waals surface area contributed by atoms with E-state index in [2.05, 4.69) is 10.3 Å². The van der Waals surface area contributed by atoms with E-state index in [1.165, 1.54) is 0 Å². The third-order valence-electron chi connectivity index (χ3n) is 3.26. The molecule has 0 saturated heterocycles. The maximum atomic E-state index is 12.4. The van der Waals surface area contributed by atoms with Crippen molar-refractivity contribution in [1.82, 2.24) is 10.3 Å². The van der Waals surface area contributed by atoms with E-state index in [0.717, 1.165) is 6.42 Å². The van der Waals surface area contributed by atoms with E-state index >= 15 is 0 Å². The van der Waals surface area contributed by atoms with Crippen LogP contribution in [0.3, 0.4) is 0 Å². The third kappa shape index (κ3) is 3.41. The number of nitrogens with one attached hydrogen (secondary N) is 1. The summed E-state index contributed by atoms with van der Waals surface area (Å²) in [4.78, 5) is 16.2. The number of hydrogen-bond acceptors (Lipinski definition) is 5. The van der Waals surface area contributed by atoms with Gasteiger partial charge >= 0.3 is 0 Å². The van der Waals surface area contributed by atoms with Gasteiger partial charge in [0.05, 0.1) is 0 Å². The standard InChI is InChI=1S/C14H19N3O3S/c1-4-8(2)16-13(18)9(3)21(19)14-17-11-6-5-10(15)7-12(11)20-14/h5-9H,4,15H2,1-3H3,(H,16,18). The van der Waals surface area contributed by atoms with Gasteiger partial charge in [0.25, 0.3) is 5.22 Å². The van der Waals surface area contributed by atoms with Crippen LogP contribution in [0.4, 0.5) is 5.69 Å². The second kappa shape index (κ2) is 6.26. The number of fused-ring (bicyclic) bond motifs is 1. The Hall–Kier alpha value is -1.89. The quantitative estimate of drug-likeness (QED) is 0.821. The molecular weight excluding hydrogens is 290 g/mol. The van der Waals surface area contributed by atoms with Crippen LogP contribution in [0.15, 0.2) is 27.8 Å². The van der Waals surface area contributed by atoms with Crippen molar-refractivity contribution in [3.8, 4) is 0 Å². The molecule has 3 unspecified atom stereocenters. The smallest absolute Gasteiger partial charge is 0.288 e. The number of aromatic nitrogens is 1. The second-order valence-corrected chi connectivity index (χ2v) is 6.62. The summed E-state index contributed by atoms with van der Waals surface area (Å²) in [5.74, 6) is -0.274. The highest BCUT2D eigenvalue weighted by Crippen LogP contribution is 2.21. The number of carbonyl (C=O) groups is 1. The van der Waals surface area contributed by atoms with Crippen molar-refractivity contribution in [3.63, 3.8) is 0 Å². The summed E-state index contributed by atoms with van der Waals surface area (Å²) in [6.07, 6.45) is 0.813. The molecule has 3 N–H and O–H groups in total. The zero-order chi connectivity index (χ0) is 15.6. The first-order valence-electron chi connectivity index (χ1n) is 6.79. The molecular formula is C14H19N3O3S. The van der Waals surface area contributed by atoms with E-state index in [1.54, 1.807) is 25.1 Å². The zero-order valence-corrected chi connectivity index (χ0v) is 13.1. The van der Waals surface area contributed by atoms with E-state index in [-0.39, 0.29) is 17.2 Å². The van der Waals surface area contributed by atoms with Gasteiger partial charge in [-0.15, -0.1) is 0 Å². The van der Waals surface area contributed by atoms with Crippen LogP contribution >= 0.6 is 0 Å². The molecule has 0 aliphatic carbocycles. The summed E-state index contributed by atoms with van der Waals surface area (Å²) in [6.45, 7) is 5.46. The first-order valence-corrected chi connectivity index (χ1v) is 8.00. The number of benzene rings is 1. The first kappa shape index (κ1) is 15.5. The number of nitrogens with two attached hydrogens (primary N) is 1. The number of amides is 1. The summed E-state index contributed by atoms with van der Waals surface area (Å²) in [7, 11) is -1.65. The molecule has 2 aromatic rings. The van der Waals surface area contributed by atoms with Gasteiger partial charge in [0.1, 0.15) is 21.6 Å². The lowest BCUT2D eigenvalue weighted by atomic mass is 10.2. The molecule has 0 aliphatic rings. The Morgan fingerprint density at radius 2 is 2.19 bits per heavy atom. The summed E-state index contributed by atoms with van der Waals surface area (Å²) >= 11 is 0. The molecule has 2 rings (SSSR count). The van der Waals surface area contributed by atoms with Crippen LogP contribution in [-0.2, 0) is 15.6 Å². The molecule has 1 amide bonds. The van der Waals surface area contributed by atoms with E-state index in [1.807, 2.05) is 13.8 Å². The predicted molar refractivity (Wildman–Crippen MR) is 82.2 cm³/mol. The average molecular weight is 309 g/mol. The highest BCUT2D eigenvalue weighted by molar-refractivity contribution is 7.86. The summed E-state index contributed by atoms with van der Waals surface area (Å²) < 4.78 is 17.8. The Morgan fingerprint density at radius 1 is 1.48 bits per heavy atom. The van der Waals surface area contributed by atoms with Crippen LogP contribution in [0.1, 0.15) is 27.2 Å². The Morgan fingerprint density at radius 3 is 2.86 bits per heavy atom. The number of anilines is 1. The minimum Gasteiger partial charge on any atom is -0.430 e. The van der Waals surface area contributed by atoms with Crippen molar-refractivity contribution < 1.29 is 13.4 Å². The van der Waals surface area contributed by atoms with Gasteiger partial charge in [-0.2, -0.15) is 0 Å². The lowest BCUT2D eigenvalue weighted by Gasteiger charge is -2.14. The molecule has 6 nitrogen and oxygen atoms in total. The molecule has 0 bridgehead atoms. The molecule has 114 valence electrons. The highest BCUT2D eigenvalue weighted by atomic mass is 32.2. The van der Waals surface area contributed by atoms with Crippen molar-refractivity contribution in [3.05, 3.63) is 18.2 Å². The van der Waals surface area contributed by atoms with Crippen molar-refractivity contribution in [2.24, 2.45) is 0 Å². The maximum Gasteiger partial charge on any atom is 0.288 e. The average Bonchev–Trinajstić information content (AvgIpc) is 2.88. The van der Waals surface area contributed by atoms with Gasteiger partial charge in [-0.05, 0) is 32.4 Å². The molecule has 0 fully saturated rings. The van der Waals surface area contributed by atoms with Crippen LogP contribution in [-0.4, -0.2) is 26.4 Å². The maximum absolute atomic E-state index is 12.4. The molecule has 1 aromatic carbocycles. The van der Waals surface area contributed by atoms with Crippen LogP contribution in [0.25, 0.3) is 11.1 Å². The van der Waals surface area contributed by atoms with Gasteiger partial charge < -0.3 is 15.5 Å². The SMILES string of the molecule is CCC(C)NC(=O)C(C)S(=O)c1nc2ccc(N)cc2o1. The number of nitrogens with zero attached hydrogens (tertiary/aromatic N) is 1. The molecule has 1 heterocycles. The van der Waals surface area contributed by atoms with Gasteiger partial charge in [-0.3, -0.25) is 4.79 Å². The van der Waals surface area contributed by atoms with Gasteiger partial charge in [0.15, 0.2) is 5.58 Å². The molecule has 0 spiro atoms. The molecule has 21 heavy (non-hydrogen) atoms. The fraction of sp³-hybridized carbons (Fsp3) is 0.429. The normalized spacial score (nSPS) is 15.6. The van der Waals surface area contributed by atoms with Crippen molar-refractivity contribution in [1.29, 1.82) is 0 Å². The molecule has 0 saturated carbocycles. The largest absolute Gasteiger partial charge is 0.430 e. The minimum absolute atomic E-state index is 0.0420. The number of hydrogen-bond donors (Lipinski definition) is 2. The topological polar surface area (TPSA) is 98.2 Å². The third-order valence-corrected chi connectivity index (χ3v) is 4.63. The summed E-state index contributed by atoms with van der Waals surface area (Å²) in [5.41, 5.74) is 7.24. The lowest BCUT2D eigenvalue weighted by Crippen LogP contribution is -2.40. The number of oxazole rings is 1. The summed E-state index contributed by atoms with van der Waals surface area (Å²) in [5, 5.41) is 2.11. The van der Waals surface area contributed by atoms with Crippen molar-refractivity contribution >= 4 is 33.5 Å². The fourth-order valence-electron chi connectivity index (χ4n) is 1.72. The molecule has 3 atom stereocenters. The molecule has 0 aliphatic heterocycles. The van der Waals surface area contributed by atoms with Crippen LogP contribution in [0.2, 0.25) is 0 Å².